The maximum absolute atomic E-state index is 12.9. The number of benzene rings is 3. The van der Waals surface area contributed by atoms with Crippen molar-refractivity contribution in [3.05, 3.63) is 70.6 Å². The smallest absolute Gasteiger partial charge is 0.349 e. The predicted octanol–water partition coefficient (Wildman–Crippen LogP) is 4.55. The van der Waals surface area contributed by atoms with Crippen molar-refractivity contribution in [3.63, 3.8) is 0 Å². The molecule has 2 aromatic heterocycles. The van der Waals surface area contributed by atoms with Gasteiger partial charge >= 0.3 is 5.63 Å². The van der Waals surface area contributed by atoms with Crippen LogP contribution in [0.3, 0.4) is 0 Å². The molecule has 0 saturated carbocycles. The molecule has 11 heteroatoms. The van der Waals surface area contributed by atoms with Crippen LogP contribution in [0.25, 0.3) is 32.0 Å². The van der Waals surface area contributed by atoms with Gasteiger partial charge in [0.2, 0.25) is 0 Å². The lowest BCUT2D eigenvalue weighted by molar-refractivity contribution is 0.0944. The molecule has 5 aromatic rings. The summed E-state index contributed by atoms with van der Waals surface area (Å²) in [4.78, 5) is 34.8. The van der Waals surface area contributed by atoms with E-state index in [0.29, 0.717) is 30.2 Å². The summed E-state index contributed by atoms with van der Waals surface area (Å²) in [5.41, 5.74) is 0.674. The van der Waals surface area contributed by atoms with Crippen LogP contribution in [0.1, 0.15) is 10.4 Å². The van der Waals surface area contributed by atoms with Crippen molar-refractivity contribution in [1.82, 2.24) is 15.2 Å². The van der Waals surface area contributed by atoms with E-state index in [1.165, 1.54) is 0 Å². The van der Waals surface area contributed by atoms with E-state index >= 15 is 0 Å². The molecule has 208 valence electrons. The molecule has 0 spiro atoms. The zero-order chi connectivity index (χ0) is 26.9. The fraction of sp³-hybridized carbons (Fsp3) is 0.276. The number of ether oxygens (including phenoxy) is 2. The number of aromatic nitrogens is 1. The van der Waals surface area contributed by atoms with Crippen molar-refractivity contribution in [1.29, 1.82) is 0 Å². The van der Waals surface area contributed by atoms with Gasteiger partial charge in [0.25, 0.3) is 5.91 Å². The molecule has 9 nitrogen and oxygen atoms in total. The normalized spacial score (nSPS) is 13.9. The van der Waals surface area contributed by atoms with Gasteiger partial charge in [-0.15, -0.1) is 12.4 Å². The summed E-state index contributed by atoms with van der Waals surface area (Å²) in [6.45, 7) is 4.46. The topological polar surface area (TPSA) is 97.1 Å². The van der Waals surface area contributed by atoms with Crippen LogP contribution in [-0.2, 0) is 0 Å². The van der Waals surface area contributed by atoms with Crippen LogP contribution in [0.15, 0.2) is 63.8 Å². The Morgan fingerprint density at radius 3 is 2.60 bits per heavy atom. The second-order valence-electron chi connectivity index (χ2n) is 9.37. The average Bonchev–Trinajstić information content (AvgIpc) is 3.41. The minimum Gasteiger partial charge on any atom is -0.493 e. The van der Waals surface area contributed by atoms with Crippen molar-refractivity contribution in [2.75, 3.05) is 58.4 Å². The van der Waals surface area contributed by atoms with Crippen LogP contribution >= 0.6 is 23.7 Å². The molecular weight excluding hydrogens is 552 g/mol. The summed E-state index contributed by atoms with van der Waals surface area (Å²) in [6.07, 6.45) is 0. The van der Waals surface area contributed by atoms with Gasteiger partial charge in [-0.25, -0.2) is 9.78 Å². The third kappa shape index (κ3) is 5.17. The monoisotopic (exact) mass is 580 g/mol. The molecule has 3 aromatic carbocycles. The Hall–Kier alpha value is -3.86. The second kappa shape index (κ2) is 11.7. The molecule has 1 aliphatic rings. The number of halogens is 1. The molecule has 0 atom stereocenters. The lowest BCUT2D eigenvalue weighted by atomic mass is 10.0. The molecule has 0 bridgehead atoms. The first-order valence-electron chi connectivity index (χ1n) is 12.8. The maximum atomic E-state index is 12.9. The quantitative estimate of drug-likeness (QED) is 0.221. The summed E-state index contributed by atoms with van der Waals surface area (Å²) in [5.74, 6) is 0.903. The van der Waals surface area contributed by atoms with Gasteiger partial charge in [0.1, 0.15) is 16.7 Å². The number of nitrogens with zero attached hydrogens (tertiary/aromatic N) is 3. The Morgan fingerprint density at radius 2 is 1.82 bits per heavy atom. The number of anilines is 1. The van der Waals surface area contributed by atoms with Crippen molar-refractivity contribution >= 4 is 66.7 Å². The van der Waals surface area contributed by atoms with Crippen LogP contribution in [0.2, 0.25) is 0 Å². The number of hydrogen-bond acceptors (Lipinski definition) is 9. The zero-order valence-electron chi connectivity index (χ0n) is 22.1. The number of thiazole rings is 1. The van der Waals surface area contributed by atoms with Crippen LogP contribution in [0, 0.1) is 0 Å². The summed E-state index contributed by atoms with van der Waals surface area (Å²) >= 11 is 1.64. The first-order chi connectivity index (χ1) is 19.1. The molecule has 0 aliphatic carbocycles. The minimum atomic E-state index is -0.631. The van der Waals surface area contributed by atoms with E-state index in [9.17, 15) is 9.59 Å². The molecule has 40 heavy (non-hydrogen) atoms. The fourth-order valence-corrected chi connectivity index (χ4v) is 6.06. The Morgan fingerprint density at radius 1 is 1.02 bits per heavy atom. The number of rotatable bonds is 7. The summed E-state index contributed by atoms with van der Waals surface area (Å²) in [7, 11) is 3.25. The lowest BCUT2D eigenvalue weighted by Gasteiger charge is -2.34. The number of methoxy groups -OCH3 is 2. The summed E-state index contributed by atoms with van der Waals surface area (Å²) in [6, 6.07) is 17.1. The van der Waals surface area contributed by atoms with E-state index in [0.717, 1.165) is 57.7 Å². The van der Waals surface area contributed by atoms with Crippen LogP contribution < -0.4 is 25.3 Å². The fourth-order valence-electron chi connectivity index (χ4n) is 5.05. The number of fused-ring (bicyclic) bond motifs is 4. The summed E-state index contributed by atoms with van der Waals surface area (Å²) in [5, 5.41) is 6.57. The highest BCUT2D eigenvalue weighted by atomic mass is 35.5. The van der Waals surface area contributed by atoms with Crippen LogP contribution in [0.5, 0.6) is 11.5 Å². The van der Waals surface area contributed by atoms with Gasteiger partial charge in [0.05, 0.1) is 18.9 Å². The highest BCUT2D eigenvalue weighted by Crippen LogP contribution is 2.40. The van der Waals surface area contributed by atoms with Crippen molar-refractivity contribution < 1.29 is 18.7 Å². The Labute approximate surface area is 240 Å². The number of nitrogens with one attached hydrogen (secondary N) is 1. The number of amides is 1. The van der Waals surface area contributed by atoms with Gasteiger partial charge in [-0.3, -0.25) is 9.69 Å². The molecule has 1 N–H and O–H groups in total. The van der Waals surface area contributed by atoms with E-state index < -0.39 is 11.5 Å². The molecule has 6 rings (SSSR count). The first-order valence-corrected chi connectivity index (χ1v) is 13.6. The van der Waals surface area contributed by atoms with Gasteiger partial charge in [-0.1, -0.05) is 41.7 Å². The number of hydrogen-bond donors (Lipinski definition) is 1. The highest BCUT2D eigenvalue weighted by molar-refractivity contribution is 7.22. The van der Waals surface area contributed by atoms with Crippen molar-refractivity contribution in [2.24, 2.45) is 0 Å². The van der Waals surface area contributed by atoms with Crippen molar-refractivity contribution in [2.45, 2.75) is 0 Å². The Balaban J connectivity index is 0.00000323. The molecule has 0 unspecified atom stereocenters. The first kappa shape index (κ1) is 27.7. The number of piperazine rings is 1. The average molecular weight is 581 g/mol. The van der Waals surface area contributed by atoms with Gasteiger partial charge < -0.3 is 24.1 Å². The highest BCUT2D eigenvalue weighted by Gasteiger charge is 2.22. The molecule has 1 saturated heterocycles. The van der Waals surface area contributed by atoms with Crippen LogP contribution in [0.4, 0.5) is 5.13 Å². The SMILES string of the molecule is COc1ccc2sc(N3CCN(CCNC(=O)c4cc5c(ccc6ccccc65)oc4=O)CC3)nc2c1OC.Cl. The third-order valence-electron chi connectivity index (χ3n) is 7.13. The van der Waals surface area contributed by atoms with Gasteiger partial charge in [-0.05, 0) is 35.0 Å². The molecule has 3 heterocycles. The molecule has 1 fully saturated rings. The zero-order valence-corrected chi connectivity index (χ0v) is 23.8. The van der Waals surface area contributed by atoms with E-state index in [1.807, 2.05) is 42.5 Å². The second-order valence-corrected chi connectivity index (χ2v) is 10.4. The van der Waals surface area contributed by atoms with E-state index in [1.54, 1.807) is 37.7 Å². The van der Waals surface area contributed by atoms with Gasteiger partial charge in [-0.2, -0.15) is 0 Å². The predicted molar refractivity (Wildman–Crippen MR) is 161 cm³/mol. The molecule has 1 amide bonds. The van der Waals surface area contributed by atoms with Gasteiger partial charge in [0.15, 0.2) is 16.6 Å². The van der Waals surface area contributed by atoms with Crippen LogP contribution in [-0.4, -0.2) is 69.3 Å². The van der Waals surface area contributed by atoms with E-state index in [4.69, 9.17) is 18.9 Å². The Bertz CT molecular complexity index is 1750. The largest absolute Gasteiger partial charge is 0.493 e. The molecule has 0 radical (unpaired) electrons. The van der Waals surface area contributed by atoms with E-state index in [-0.39, 0.29) is 18.0 Å². The minimum absolute atomic E-state index is 0. The molecule has 1 aliphatic heterocycles. The molecular formula is C29H29ClN4O5S. The number of carbonyl (C=O) groups excluding carboxylic acids is 1. The van der Waals surface area contributed by atoms with E-state index in [2.05, 4.69) is 15.1 Å². The van der Waals surface area contributed by atoms with Gasteiger partial charge in [0, 0.05) is 44.7 Å². The lowest BCUT2D eigenvalue weighted by Crippen LogP contribution is -2.48. The third-order valence-corrected chi connectivity index (χ3v) is 8.22. The number of carbonyl (C=O) groups is 1. The standard InChI is InChI=1S/C29H28N4O5S.ClH/c1-36-23-9-10-24-25(26(23)37-2)31-29(39-24)33-15-13-32(14-16-33)12-11-30-27(34)21-17-20-19-6-4-3-5-18(19)7-8-22(20)38-28(21)35;/h3-10,17H,11-16H2,1-2H3,(H,30,34);1H. The Kier molecular flexibility index (Phi) is 8.11. The maximum Gasteiger partial charge on any atom is 0.349 e. The summed E-state index contributed by atoms with van der Waals surface area (Å²) < 4.78 is 17.5. The van der Waals surface area contributed by atoms with Crippen molar-refractivity contribution in [3.8, 4) is 11.5 Å².